The van der Waals surface area contributed by atoms with Crippen LogP contribution in [-0.4, -0.2) is 28.7 Å². The van der Waals surface area contributed by atoms with Crippen LogP contribution in [0.15, 0.2) is 0 Å². The highest BCUT2D eigenvalue weighted by molar-refractivity contribution is 9.09. The lowest BCUT2D eigenvalue weighted by atomic mass is 9.85. The topological polar surface area (TPSA) is 20.3 Å². The molecule has 3 heteroatoms. The van der Waals surface area contributed by atoms with Gasteiger partial charge in [-0.1, -0.05) is 35.7 Å². The van der Waals surface area contributed by atoms with Crippen molar-refractivity contribution in [1.29, 1.82) is 0 Å². The Bertz CT molecular complexity index is 244. The summed E-state index contributed by atoms with van der Waals surface area (Å²) in [5, 5.41) is 0.969. The number of hydrogen-bond donors (Lipinski definition) is 0. The number of carbonyl (C=O) groups excluding carboxylic acids is 1. The lowest BCUT2D eigenvalue weighted by molar-refractivity contribution is -0.131. The zero-order valence-corrected chi connectivity index (χ0v) is 11.0. The van der Waals surface area contributed by atoms with Gasteiger partial charge in [-0.3, -0.25) is 4.79 Å². The minimum atomic E-state index is 0.387. The van der Waals surface area contributed by atoms with Crippen LogP contribution in [0.4, 0.5) is 0 Å². The maximum absolute atomic E-state index is 11.9. The molecule has 0 aromatic rings. The number of carbonyl (C=O) groups is 1. The number of likely N-dealkylation sites (tertiary alicyclic amines) is 1. The highest BCUT2D eigenvalue weighted by Gasteiger charge is 2.36. The molecule has 0 N–H and O–H groups in total. The Kier molecular flexibility index (Phi) is 3.70. The van der Waals surface area contributed by atoms with E-state index < -0.39 is 0 Å². The number of alkyl halides is 1. The van der Waals surface area contributed by atoms with Crippen LogP contribution in [0.5, 0.6) is 0 Å². The van der Waals surface area contributed by atoms with Gasteiger partial charge in [0.15, 0.2) is 0 Å². The van der Waals surface area contributed by atoms with E-state index in [1.54, 1.807) is 0 Å². The maximum Gasteiger partial charge on any atom is 0.223 e. The molecule has 0 radical (unpaired) electrons. The van der Waals surface area contributed by atoms with Gasteiger partial charge >= 0.3 is 0 Å². The smallest absolute Gasteiger partial charge is 0.223 e. The zero-order valence-electron chi connectivity index (χ0n) is 9.42. The number of rotatable bonds is 2. The summed E-state index contributed by atoms with van der Waals surface area (Å²) in [4.78, 5) is 14.1. The van der Waals surface area contributed by atoms with Gasteiger partial charge in [0.2, 0.25) is 5.91 Å². The first-order chi connectivity index (χ1) is 7.22. The van der Waals surface area contributed by atoms with Gasteiger partial charge in [-0.2, -0.15) is 0 Å². The fourth-order valence-electron chi connectivity index (χ4n) is 2.99. The number of nitrogens with zero attached hydrogens (tertiary/aromatic N) is 1. The molecule has 1 saturated carbocycles. The van der Waals surface area contributed by atoms with Crippen molar-refractivity contribution in [2.75, 3.05) is 11.9 Å². The summed E-state index contributed by atoms with van der Waals surface area (Å²) < 4.78 is 0. The van der Waals surface area contributed by atoms with Gasteiger partial charge < -0.3 is 4.90 Å². The van der Waals surface area contributed by atoms with Crippen LogP contribution < -0.4 is 0 Å². The molecule has 1 heterocycles. The highest BCUT2D eigenvalue weighted by atomic mass is 79.9. The Morgan fingerprint density at radius 2 is 2.13 bits per heavy atom. The van der Waals surface area contributed by atoms with Gasteiger partial charge in [-0.25, -0.2) is 0 Å². The van der Waals surface area contributed by atoms with E-state index in [1.807, 2.05) is 0 Å². The molecule has 0 aromatic heterocycles. The second kappa shape index (κ2) is 4.86. The van der Waals surface area contributed by atoms with E-state index in [0.29, 0.717) is 23.8 Å². The largest absolute Gasteiger partial charge is 0.339 e. The summed E-state index contributed by atoms with van der Waals surface area (Å²) >= 11 is 3.49. The summed E-state index contributed by atoms with van der Waals surface area (Å²) in [7, 11) is 0. The third kappa shape index (κ3) is 2.38. The SMILES string of the molecule is CC1CCCCC1N1CC(CBr)CC1=O. The molecule has 0 spiro atoms. The summed E-state index contributed by atoms with van der Waals surface area (Å²) in [6, 6.07) is 0.537. The molecule has 2 nitrogen and oxygen atoms in total. The van der Waals surface area contributed by atoms with Crippen molar-refractivity contribution in [3.05, 3.63) is 0 Å². The van der Waals surface area contributed by atoms with E-state index in [4.69, 9.17) is 0 Å². The van der Waals surface area contributed by atoms with E-state index in [0.717, 1.165) is 18.3 Å². The summed E-state index contributed by atoms with van der Waals surface area (Å²) in [6.07, 6.45) is 5.93. The van der Waals surface area contributed by atoms with E-state index in [-0.39, 0.29) is 0 Å². The van der Waals surface area contributed by atoms with Crippen molar-refractivity contribution < 1.29 is 4.79 Å². The van der Waals surface area contributed by atoms with Crippen molar-refractivity contribution >= 4 is 21.8 Å². The lowest BCUT2D eigenvalue weighted by Crippen LogP contribution is -2.42. The summed E-state index contributed by atoms with van der Waals surface area (Å²) in [5.74, 6) is 1.64. The molecule has 3 unspecified atom stereocenters. The lowest BCUT2D eigenvalue weighted by Gasteiger charge is -2.36. The van der Waals surface area contributed by atoms with Crippen LogP contribution in [0.25, 0.3) is 0 Å². The fourth-order valence-corrected chi connectivity index (χ4v) is 3.43. The van der Waals surface area contributed by atoms with Gasteiger partial charge in [0.05, 0.1) is 0 Å². The molecule has 1 amide bonds. The molecule has 2 aliphatic rings. The Morgan fingerprint density at radius 3 is 2.73 bits per heavy atom. The molecule has 0 aromatic carbocycles. The number of hydrogen-bond acceptors (Lipinski definition) is 1. The molecule has 1 aliphatic carbocycles. The van der Waals surface area contributed by atoms with Crippen molar-refractivity contribution in [3.63, 3.8) is 0 Å². The van der Waals surface area contributed by atoms with Crippen LogP contribution >= 0.6 is 15.9 Å². The van der Waals surface area contributed by atoms with Crippen molar-refractivity contribution in [2.45, 2.75) is 45.1 Å². The van der Waals surface area contributed by atoms with Crippen LogP contribution in [0, 0.1) is 11.8 Å². The van der Waals surface area contributed by atoms with E-state index in [2.05, 4.69) is 27.8 Å². The van der Waals surface area contributed by atoms with Crippen molar-refractivity contribution in [2.24, 2.45) is 11.8 Å². The van der Waals surface area contributed by atoms with Crippen LogP contribution in [-0.2, 0) is 4.79 Å². The predicted octanol–water partition coefficient (Wildman–Crippen LogP) is 2.81. The van der Waals surface area contributed by atoms with Gasteiger partial charge in [0.1, 0.15) is 0 Å². The Labute approximate surface area is 101 Å². The molecule has 86 valence electrons. The molecule has 1 saturated heterocycles. The molecule has 2 fully saturated rings. The van der Waals surface area contributed by atoms with E-state index in [1.165, 1.54) is 25.7 Å². The summed E-state index contributed by atoms with van der Waals surface area (Å²) in [5.41, 5.74) is 0. The zero-order chi connectivity index (χ0) is 10.8. The molecule has 2 rings (SSSR count). The normalized spacial score (nSPS) is 37.3. The number of amides is 1. The average molecular weight is 274 g/mol. The van der Waals surface area contributed by atoms with Crippen LogP contribution in [0.3, 0.4) is 0 Å². The van der Waals surface area contributed by atoms with E-state index >= 15 is 0 Å². The summed E-state index contributed by atoms with van der Waals surface area (Å²) in [6.45, 7) is 3.29. The second-order valence-electron chi connectivity index (χ2n) is 5.10. The monoisotopic (exact) mass is 273 g/mol. The minimum absolute atomic E-state index is 0.387. The Balaban J connectivity index is 2.00. The maximum atomic E-state index is 11.9. The second-order valence-corrected chi connectivity index (χ2v) is 5.75. The molecule has 15 heavy (non-hydrogen) atoms. The Hall–Kier alpha value is -0.0500. The van der Waals surface area contributed by atoms with Gasteiger partial charge in [0, 0.05) is 24.3 Å². The highest BCUT2D eigenvalue weighted by Crippen LogP contribution is 2.32. The standard InChI is InChI=1S/C12H20BrNO/c1-9-4-2-3-5-11(9)14-8-10(7-13)6-12(14)15/h9-11H,2-8H2,1H3. The average Bonchev–Trinajstić information content (AvgIpc) is 2.60. The van der Waals surface area contributed by atoms with Gasteiger partial charge in [-0.15, -0.1) is 0 Å². The minimum Gasteiger partial charge on any atom is -0.339 e. The van der Waals surface area contributed by atoms with E-state index in [9.17, 15) is 4.79 Å². The molecule has 1 aliphatic heterocycles. The molecule has 3 atom stereocenters. The van der Waals surface area contributed by atoms with Crippen LogP contribution in [0.1, 0.15) is 39.0 Å². The van der Waals surface area contributed by atoms with Gasteiger partial charge in [0.25, 0.3) is 0 Å². The van der Waals surface area contributed by atoms with Crippen molar-refractivity contribution in [1.82, 2.24) is 4.90 Å². The molecule has 0 bridgehead atoms. The first kappa shape index (κ1) is 11.4. The van der Waals surface area contributed by atoms with Crippen molar-refractivity contribution in [3.8, 4) is 0 Å². The first-order valence-electron chi connectivity index (χ1n) is 6.07. The first-order valence-corrected chi connectivity index (χ1v) is 7.20. The number of halogens is 1. The van der Waals surface area contributed by atoms with Gasteiger partial charge in [-0.05, 0) is 24.7 Å². The quantitative estimate of drug-likeness (QED) is 0.709. The third-order valence-electron chi connectivity index (χ3n) is 3.92. The predicted molar refractivity (Wildman–Crippen MR) is 65.0 cm³/mol. The molecular formula is C12H20BrNO. The Morgan fingerprint density at radius 1 is 1.40 bits per heavy atom. The fraction of sp³-hybridized carbons (Fsp3) is 0.917. The van der Waals surface area contributed by atoms with Crippen LogP contribution in [0.2, 0.25) is 0 Å². The molecular weight excluding hydrogens is 254 g/mol. The third-order valence-corrected chi connectivity index (χ3v) is 4.84.